The SMILES string of the molecule is Cc1cc(C)cc(OCC(=O)NNC(=O)c2oc3ccc(Cl)cc3c2C)c1. The summed E-state index contributed by atoms with van der Waals surface area (Å²) in [7, 11) is 0. The van der Waals surface area contributed by atoms with E-state index in [4.69, 9.17) is 20.8 Å². The van der Waals surface area contributed by atoms with Crippen molar-refractivity contribution >= 4 is 34.4 Å². The molecule has 6 nitrogen and oxygen atoms in total. The van der Waals surface area contributed by atoms with E-state index in [1.807, 2.05) is 32.0 Å². The topological polar surface area (TPSA) is 80.6 Å². The fraction of sp³-hybridized carbons (Fsp3) is 0.200. The third-order valence-corrected chi connectivity index (χ3v) is 4.22. The minimum atomic E-state index is -0.556. The van der Waals surface area contributed by atoms with Gasteiger partial charge in [-0.1, -0.05) is 17.7 Å². The van der Waals surface area contributed by atoms with Crippen LogP contribution in [0.5, 0.6) is 5.75 Å². The predicted octanol–water partition coefficient (Wildman–Crippen LogP) is 3.85. The molecule has 1 aromatic heterocycles. The third kappa shape index (κ3) is 4.41. The van der Waals surface area contributed by atoms with Crippen LogP contribution in [0.15, 0.2) is 40.8 Å². The van der Waals surface area contributed by atoms with E-state index >= 15 is 0 Å². The van der Waals surface area contributed by atoms with Crippen molar-refractivity contribution in [3.05, 3.63) is 63.9 Å². The number of hydrazine groups is 1. The summed E-state index contributed by atoms with van der Waals surface area (Å²) in [5, 5.41) is 1.30. The number of benzene rings is 2. The summed E-state index contributed by atoms with van der Waals surface area (Å²) >= 11 is 5.97. The smallest absolute Gasteiger partial charge is 0.305 e. The lowest BCUT2D eigenvalue weighted by atomic mass is 10.1. The Morgan fingerprint density at radius 2 is 1.74 bits per heavy atom. The Morgan fingerprint density at radius 3 is 2.44 bits per heavy atom. The van der Waals surface area contributed by atoms with E-state index in [9.17, 15) is 9.59 Å². The molecular weight excluding hydrogens is 368 g/mol. The highest BCUT2D eigenvalue weighted by atomic mass is 35.5. The first-order valence-electron chi connectivity index (χ1n) is 8.32. The predicted molar refractivity (Wildman–Crippen MR) is 103 cm³/mol. The van der Waals surface area contributed by atoms with E-state index < -0.39 is 11.8 Å². The zero-order valence-electron chi connectivity index (χ0n) is 15.2. The molecule has 140 valence electrons. The van der Waals surface area contributed by atoms with E-state index in [0.717, 1.165) is 16.5 Å². The van der Waals surface area contributed by atoms with Gasteiger partial charge in [0, 0.05) is 16.0 Å². The van der Waals surface area contributed by atoms with Gasteiger partial charge in [0.15, 0.2) is 12.4 Å². The first-order chi connectivity index (χ1) is 12.8. The summed E-state index contributed by atoms with van der Waals surface area (Å²) in [6.45, 7) is 5.42. The van der Waals surface area contributed by atoms with Crippen LogP contribution in [-0.4, -0.2) is 18.4 Å². The van der Waals surface area contributed by atoms with Crippen LogP contribution in [-0.2, 0) is 4.79 Å². The number of furan rings is 1. The average molecular weight is 387 g/mol. The van der Waals surface area contributed by atoms with Crippen molar-refractivity contribution < 1.29 is 18.7 Å². The van der Waals surface area contributed by atoms with Gasteiger partial charge in [0.2, 0.25) is 0 Å². The van der Waals surface area contributed by atoms with Gasteiger partial charge < -0.3 is 9.15 Å². The molecule has 0 fully saturated rings. The number of fused-ring (bicyclic) bond motifs is 1. The summed E-state index contributed by atoms with van der Waals surface area (Å²) in [6, 6.07) is 10.8. The van der Waals surface area contributed by atoms with E-state index in [0.29, 0.717) is 21.9 Å². The number of amides is 2. The van der Waals surface area contributed by atoms with Gasteiger partial charge in [-0.15, -0.1) is 0 Å². The van der Waals surface area contributed by atoms with Crippen molar-refractivity contribution in [2.24, 2.45) is 0 Å². The number of rotatable bonds is 4. The summed E-state index contributed by atoms with van der Waals surface area (Å²) in [6.07, 6.45) is 0. The molecule has 0 aliphatic carbocycles. The molecule has 0 aliphatic heterocycles. The minimum Gasteiger partial charge on any atom is -0.484 e. The number of halogens is 1. The van der Waals surface area contributed by atoms with Crippen LogP contribution >= 0.6 is 11.6 Å². The molecule has 0 atom stereocenters. The largest absolute Gasteiger partial charge is 0.484 e. The van der Waals surface area contributed by atoms with Gasteiger partial charge in [0.25, 0.3) is 5.91 Å². The normalized spacial score (nSPS) is 10.7. The van der Waals surface area contributed by atoms with Crippen LogP contribution < -0.4 is 15.6 Å². The van der Waals surface area contributed by atoms with Crippen molar-refractivity contribution in [1.29, 1.82) is 0 Å². The minimum absolute atomic E-state index is 0.114. The first-order valence-corrected chi connectivity index (χ1v) is 8.70. The van der Waals surface area contributed by atoms with Crippen LogP contribution in [0.3, 0.4) is 0 Å². The number of hydrogen-bond acceptors (Lipinski definition) is 4. The van der Waals surface area contributed by atoms with Gasteiger partial charge in [-0.25, -0.2) is 0 Å². The summed E-state index contributed by atoms with van der Waals surface area (Å²) in [4.78, 5) is 24.2. The quantitative estimate of drug-likeness (QED) is 0.667. The molecule has 0 aliphatic rings. The molecule has 3 rings (SSSR count). The molecular formula is C20H19ClN2O4. The van der Waals surface area contributed by atoms with Gasteiger partial charge in [0.05, 0.1) is 0 Å². The van der Waals surface area contributed by atoms with E-state index in [1.54, 1.807) is 25.1 Å². The highest BCUT2D eigenvalue weighted by molar-refractivity contribution is 6.31. The molecule has 2 amide bonds. The molecule has 0 spiro atoms. The molecule has 0 saturated carbocycles. The average Bonchev–Trinajstić information content (AvgIpc) is 2.93. The Kier molecular flexibility index (Phi) is 5.37. The van der Waals surface area contributed by atoms with Crippen molar-refractivity contribution in [3.8, 4) is 5.75 Å². The fourth-order valence-electron chi connectivity index (χ4n) is 2.79. The lowest BCUT2D eigenvalue weighted by Gasteiger charge is -2.09. The Hall–Kier alpha value is -2.99. The summed E-state index contributed by atoms with van der Waals surface area (Å²) in [5.74, 6) is -0.333. The number of aryl methyl sites for hydroxylation is 3. The van der Waals surface area contributed by atoms with Crippen LogP contribution in [0.2, 0.25) is 5.02 Å². The van der Waals surface area contributed by atoms with E-state index in [-0.39, 0.29) is 12.4 Å². The molecule has 27 heavy (non-hydrogen) atoms. The maximum absolute atomic E-state index is 12.3. The highest BCUT2D eigenvalue weighted by Gasteiger charge is 2.18. The molecule has 7 heteroatoms. The van der Waals surface area contributed by atoms with Crippen molar-refractivity contribution in [1.82, 2.24) is 10.9 Å². The Morgan fingerprint density at radius 1 is 1.04 bits per heavy atom. The van der Waals surface area contributed by atoms with Crippen LogP contribution in [0.4, 0.5) is 0 Å². The molecule has 0 saturated heterocycles. The maximum Gasteiger partial charge on any atom is 0.305 e. The Bertz CT molecular complexity index is 1010. The number of hydrogen-bond donors (Lipinski definition) is 2. The van der Waals surface area contributed by atoms with Crippen molar-refractivity contribution in [2.75, 3.05) is 6.61 Å². The van der Waals surface area contributed by atoms with Gasteiger partial charge in [-0.3, -0.25) is 20.4 Å². The summed E-state index contributed by atoms with van der Waals surface area (Å²) in [5.41, 5.74) is 7.92. The number of nitrogens with one attached hydrogen (secondary N) is 2. The van der Waals surface area contributed by atoms with E-state index in [2.05, 4.69) is 10.9 Å². The van der Waals surface area contributed by atoms with Crippen molar-refractivity contribution in [3.63, 3.8) is 0 Å². The van der Waals surface area contributed by atoms with Crippen LogP contribution in [0, 0.1) is 20.8 Å². The Labute approximate surface area is 161 Å². The fourth-order valence-corrected chi connectivity index (χ4v) is 2.97. The maximum atomic E-state index is 12.3. The summed E-state index contributed by atoms with van der Waals surface area (Å²) < 4.78 is 11.0. The van der Waals surface area contributed by atoms with Gasteiger partial charge in [-0.05, 0) is 62.2 Å². The van der Waals surface area contributed by atoms with Gasteiger partial charge in [-0.2, -0.15) is 0 Å². The van der Waals surface area contributed by atoms with Gasteiger partial charge >= 0.3 is 5.91 Å². The highest BCUT2D eigenvalue weighted by Crippen LogP contribution is 2.27. The number of carbonyl (C=O) groups is 2. The number of carbonyl (C=O) groups excluding carboxylic acids is 2. The Balaban J connectivity index is 1.58. The van der Waals surface area contributed by atoms with E-state index in [1.165, 1.54) is 0 Å². The second-order valence-corrected chi connectivity index (χ2v) is 6.75. The van der Waals surface area contributed by atoms with Crippen LogP contribution in [0.25, 0.3) is 11.0 Å². The monoisotopic (exact) mass is 386 g/mol. The molecule has 1 heterocycles. The second kappa shape index (κ2) is 7.72. The van der Waals surface area contributed by atoms with Gasteiger partial charge in [0.1, 0.15) is 11.3 Å². The molecule has 2 N–H and O–H groups in total. The molecule has 0 radical (unpaired) electrons. The first kappa shape index (κ1) is 18.8. The zero-order valence-corrected chi connectivity index (χ0v) is 15.9. The molecule has 0 bridgehead atoms. The second-order valence-electron chi connectivity index (χ2n) is 6.31. The molecule has 2 aromatic carbocycles. The zero-order chi connectivity index (χ0) is 19.6. The molecule has 0 unspecified atom stereocenters. The van der Waals surface area contributed by atoms with Crippen molar-refractivity contribution in [2.45, 2.75) is 20.8 Å². The number of ether oxygens (including phenoxy) is 1. The standard InChI is InChI=1S/C20H19ClN2O4/c1-11-6-12(2)8-15(7-11)26-10-18(24)22-23-20(25)19-13(3)16-9-14(21)4-5-17(16)27-19/h4-9H,10H2,1-3H3,(H,22,24)(H,23,25). The third-order valence-electron chi connectivity index (χ3n) is 3.99. The lowest BCUT2D eigenvalue weighted by molar-refractivity contribution is -0.123. The van der Waals surface area contributed by atoms with Crippen LogP contribution in [0.1, 0.15) is 27.2 Å². The molecule has 3 aromatic rings. The lowest BCUT2D eigenvalue weighted by Crippen LogP contribution is -2.43.